The Kier molecular flexibility index (Phi) is 4.34. The summed E-state index contributed by atoms with van der Waals surface area (Å²) in [7, 11) is 0. The molecule has 0 aliphatic carbocycles. The Morgan fingerprint density at radius 3 is 2.80 bits per heavy atom. The molecule has 1 N–H and O–H groups in total. The number of amides is 1. The summed E-state index contributed by atoms with van der Waals surface area (Å²) in [6.45, 7) is 1.41. The second-order valence-corrected chi connectivity index (χ2v) is 5.19. The zero-order valence-electron chi connectivity index (χ0n) is 10.7. The van der Waals surface area contributed by atoms with Crippen LogP contribution >= 0.6 is 15.9 Å². The van der Waals surface area contributed by atoms with E-state index in [9.17, 15) is 14.0 Å². The fraction of sp³-hybridized carbons (Fsp3) is 0.143. The van der Waals surface area contributed by atoms with Crippen molar-refractivity contribution < 1.29 is 9.18 Å². The highest BCUT2D eigenvalue weighted by molar-refractivity contribution is 9.10. The summed E-state index contributed by atoms with van der Waals surface area (Å²) in [5.41, 5.74) is 0.215. The number of hydrogen-bond acceptors (Lipinski definition) is 2. The predicted molar refractivity (Wildman–Crippen MR) is 78.2 cm³/mol. The van der Waals surface area contributed by atoms with Crippen molar-refractivity contribution in [1.29, 1.82) is 0 Å². The Labute approximate surface area is 123 Å². The first-order chi connectivity index (χ1) is 9.47. The highest BCUT2D eigenvalue weighted by Gasteiger charge is 2.10. The molecule has 0 atom stereocenters. The first kappa shape index (κ1) is 14.5. The minimum Gasteiger partial charge on any atom is -0.324 e. The number of hydrogen-bond donors (Lipinski definition) is 1. The molecular formula is C14H12BrFN2O2. The Bertz CT molecular complexity index is 713. The summed E-state index contributed by atoms with van der Waals surface area (Å²) in [5.74, 6) is -0.879. The van der Waals surface area contributed by atoms with Gasteiger partial charge < -0.3 is 9.88 Å². The third kappa shape index (κ3) is 3.33. The Hall–Kier alpha value is -1.95. The van der Waals surface area contributed by atoms with Crippen LogP contribution in [0.5, 0.6) is 0 Å². The van der Waals surface area contributed by atoms with Gasteiger partial charge in [0.1, 0.15) is 0 Å². The molecule has 0 aliphatic rings. The summed E-state index contributed by atoms with van der Waals surface area (Å²) in [6.07, 6.45) is 1.59. The lowest BCUT2D eigenvalue weighted by molar-refractivity contribution is -0.114. The van der Waals surface area contributed by atoms with Crippen LogP contribution in [0.4, 0.5) is 10.1 Å². The molecule has 0 bridgehead atoms. The van der Waals surface area contributed by atoms with E-state index in [0.717, 1.165) is 4.47 Å². The van der Waals surface area contributed by atoms with Gasteiger partial charge in [-0.25, -0.2) is 4.39 Å². The first-order valence-electron chi connectivity index (χ1n) is 5.88. The summed E-state index contributed by atoms with van der Waals surface area (Å²) < 4.78 is 16.3. The van der Waals surface area contributed by atoms with Crippen LogP contribution in [-0.4, -0.2) is 10.5 Å². The molecule has 2 rings (SSSR count). The number of aromatic nitrogens is 1. The fourth-order valence-corrected chi connectivity index (χ4v) is 2.18. The molecule has 0 unspecified atom stereocenters. The van der Waals surface area contributed by atoms with Crippen LogP contribution in [0.25, 0.3) is 0 Å². The lowest BCUT2D eigenvalue weighted by Crippen LogP contribution is -2.19. The molecule has 0 saturated heterocycles. The molecule has 20 heavy (non-hydrogen) atoms. The van der Waals surface area contributed by atoms with Crippen molar-refractivity contribution in [3.8, 4) is 0 Å². The van der Waals surface area contributed by atoms with E-state index in [1.807, 2.05) is 0 Å². The van der Waals surface area contributed by atoms with Gasteiger partial charge >= 0.3 is 0 Å². The molecule has 1 aromatic carbocycles. The largest absolute Gasteiger partial charge is 0.324 e. The first-order valence-corrected chi connectivity index (χ1v) is 6.67. The van der Waals surface area contributed by atoms with Gasteiger partial charge in [0.25, 0.3) is 5.56 Å². The van der Waals surface area contributed by atoms with Crippen molar-refractivity contribution in [3.63, 3.8) is 0 Å². The van der Waals surface area contributed by atoms with Crippen molar-refractivity contribution in [2.75, 3.05) is 5.32 Å². The van der Waals surface area contributed by atoms with Crippen molar-refractivity contribution in [3.05, 3.63) is 62.7 Å². The summed E-state index contributed by atoms with van der Waals surface area (Å²) >= 11 is 3.26. The predicted octanol–water partition coefficient (Wildman–Crippen LogP) is 2.76. The van der Waals surface area contributed by atoms with Gasteiger partial charge in [-0.1, -0.05) is 12.1 Å². The van der Waals surface area contributed by atoms with Crippen molar-refractivity contribution in [2.24, 2.45) is 0 Å². The van der Waals surface area contributed by atoms with Crippen LogP contribution in [-0.2, 0) is 11.3 Å². The highest BCUT2D eigenvalue weighted by Crippen LogP contribution is 2.19. The van der Waals surface area contributed by atoms with Crippen LogP contribution in [0.1, 0.15) is 12.5 Å². The number of anilines is 1. The molecule has 2 aromatic rings. The molecule has 0 radical (unpaired) electrons. The molecule has 0 fully saturated rings. The summed E-state index contributed by atoms with van der Waals surface area (Å²) in [5, 5.41) is 2.41. The van der Waals surface area contributed by atoms with E-state index in [0.29, 0.717) is 5.56 Å². The quantitative estimate of drug-likeness (QED) is 0.935. The van der Waals surface area contributed by atoms with Gasteiger partial charge in [0.15, 0.2) is 5.82 Å². The van der Waals surface area contributed by atoms with E-state index in [1.165, 1.54) is 23.6 Å². The van der Waals surface area contributed by atoms with Crippen LogP contribution in [0.15, 0.2) is 45.8 Å². The van der Waals surface area contributed by atoms with Crippen LogP contribution in [0.3, 0.4) is 0 Å². The van der Waals surface area contributed by atoms with Gasteiger partial charge in [0.2, 0.25) is 5.91 Å². The van der Waals surface area contributed by atoms with Gasteiger partial charge in [-0.2, -0.15) is 0 Å². The van der Waals surface area contributed by atoms with Gasteiger partial charge in [-0.05, 0) is 28.1 Å². The number of benzene rings is 1. The molecule has 1 aromatic heterocycles. The van der Waals surface area contributed by atoms with Crippen molar-refractivity contribution in [1.82, 2.24) is 4.57 Å². The zero-order valence-corrected chi connectivity index (χ0v) is 12.3. The molecule has 104 valence electrons. The Balaban J connectivity index is 2.36. The molecule has 0 saturated carbocycles. The smallest absolute Gasteiger partial charge is 0.250 e. The van der Waals surface area contributed by atoms with Crippen molar-refractivity contribution >= 4 is 27.5 Å². The van der Waals surface area contributed by atoms with E-state index in [2.05, 4.69) is 21.2 Å². The number of nitrogens with zero attached hydrogens (tertiary/aromatic N) is 1. The molecule has 4 nitrogen and oxygen atoms in total. The standard InChI is InChI=1S/C14H12BrFN2O2/c1-9(19)17-12-4-2-3-10(14(12)16)7-18-8-11(15)5-6-13(18)20/h2-6,8H,7H2,1H3,(H,17,19). The Morgan fingerprint density at radius 2 is 2.10 bits per heavy atom. The average molecular weight is 339 g/mol. The van der Waals surface area contributed by atoms with Gasteiger partial charge in [-0.15, -0.1) is 0 Å². The third-order valence-corrected chi connectivity index (χ3v) is 3.15. The van der Waals surface area contributed by atoms with Gasteiger partial charge in [0.05, 0.1) is 12.2 Å². The second-order valence-electron chi connectivity index (χ2n) is 4.27. The van der Waals surface area contributed by atoms with E-state index in [4.69, 9.17) is 0 Å². The number of carbonyl (C=O) groups excluding carboxylic acids is 1. The minimum atomic E-state index is -0.533. The van der Waals surface area contributed by atoms with Gasteiger partial charge in [-0.3, -0.25) is 9.59 Å². The fourth-order valence-electron chi connectivity index (χ4n) is 1.80. The van der Waals surface area contributed by atoms with Crippen molar-refractivity contribution in [2.45, 2.75) is 13.5 Å². The molecular weight excluding hydrogens is 327 g/mol. The van der Waals surface area contributed by atoms with Crippen LogP contribution in [0.2, 0.25) is 0 Å². The lowest BCUT2D eigenvalue weighted by Gasteiger charge is -2.10. The van der Waals surface area contributed by atoms with E-state index >= 15 is 0 Å². The average Bonchev–Trinajstić information content (AvgIpc) is 2.38. The van der Waals surface area contributed by atoms with Crippen LogP contribution < -0.4 is 10.9 Å². The van der Waals surface area contributed by atoms with E-state index < -0.39 is 5.82 Å². The minimum absolute atomic E-state index is 0.0948. The Morgan fingerprint density at radius 1 is 1.35 bits per heavy atom. The third-order valence-electron chi connectivity index (χ3n) is 2.68. The SMILES string of the molecule is CC(=O)Nc1cccc(Cn2cc(Br)ccc2=O)c1F. The second kappa shape index (κ2) is 6.00. The van der Waals surface area contributed by atoms with Crippen LogP contribution in [0, 0.1) is 5.82 Å². The number of halogens is 2. The normalized spacial score (nSPS) is 10.3. The topological polar surface area (TPSA) is 51.1 Å². The maximum Gasteiger partial charge on any atom is 0.250 e. The zero-order chi connectivity index (χ0) is 14.7. The maximum absolute atomic E-state index is 14.2. The molecule has 1 amide bonds. The maximum atomic E-state index is 14.2. The molecule has 0 aliphatic heterocycles. The van der Waals surface area contributed by atoms with E-state index in [-0.39, 0.29) is 23.7 Å². The number of nitrogens with one attached hydrogen (secondary N) is 1. The van der Waals surface area contributed by atoms with Gasteiger partial charge in [0, 0.05) is 29.2 Å². The molecule has 1 heterocycles. The highest BCUT2D eigenvalue weighted by atomic mass is 79.9. The number of carbonyl (C=O) groups is 1. The number of pyridine rings is 1. The molecule has 0 spiro atoms. The monoisotopic (exact) mass is 338 g/mol. The molecule has 6 heteroatoms. The number of rotatable bonds is 3. The summed E-state index contributed by atoms with van der Waals surface area (Å²) in [4.78, 5) is 22.7. The lowest BCUT2D eigenvalue weighted by atomic mass is 10.1. The van der Waals surface area contributed by atoms with E-state index in [1.54, 1.807) is 24.4 Å². The summed E-state index contributed by atoms with van der Waals surface area (Å²) in [6, 6.07) is 7.72.